The van der Waals surface area contributed by atoms with Crippen molar-refractivity contribution in [3.05, 3.63) is 52.7 Å². The van der Waals surface area contributed by atoms with Gasteiger partial charge in [0.2, 0.25) is 0 Å². The molecular formula is C15H14ClN5O. The molecule has 1 aromatic heterocycles. The molecule has 0 aliphatic rings. The van der Waals surface area contributed by atoms with Crippen molar-refractivity contribution >= 4 is 23.4 Å². The van der Waals surface area contributed by atoms with Crippen molar-refractivity contribution in [2.75, 3.05) is 12.4 Å². The summed E-state index contributed by atoms with van der Waals surface area (Å²) in [6.07, 6.45) is 1.44. The maximum atomic E-state index is 8.71. The van der Waals surface area contributed by atoms with Crippen molar-refractivity contribution in [1.29, 1.82) is 10.7 Å². The van der Waals surface area contributed by atoms with Crippen molar-refractivity contribution in [3.63, 3.8) is 0 Å². The van der Waals surface area contributed by atoms with Crippen LogP contribution in [0.25, 0.3) is 0 Å². The molecule has 0 spiro atoms. The van der Waals surface area contributed by atoms with E-state index >= 15 is 0 Å². The summed E-state index contributed by atoms with van der Waals surface area (Å²) in [5.41, 5.74) is 1.23. The first-order valence-corrected chi connectivity index (χ1v) is 6.79. The second kappa shape index (κ2) is 7.29. The summed E-state index contributed by atoms with van der Waals surface area (Å²) in [5, 5.41) is 22.8. The van der Waals surface area contributed by atoms with Gasteiger partial charge in [-0.3, -0.25) is 5.41 Å². The summed E-state index contributed by atoms with van der Waals surface area (Å²) >= 11 is 6.13. The molecule has 0 aliphatic heterocycles. The molecular weight excluding hydrogens is 302 g/mol. The second-order valence-corrected chi connectivity index (χ2v) is 4.73. The quantitative estimate of drug-likeness (QED) is 0.596. The zero-order valence-corrected chi connectivity index (χ0v) is 12.6. The molecule has 3 N–H and O–H groups in total. The number of methoxy groups -OCH3 is 1. The number of pyridine rings is 1. The SMILES string of the molecule is COc1cccc(Cl)c1CNC(=N)Nc1ccc(C#N)cn1. The third kappa shape index (κ3) is 3.87. The molecule has 0 radical (unpaired) electrons. The number of nitrogens with one attached hydrogen (secondary N) is 3. The predicted molar refractivity (Wildman–Crippen MR) is 85.1 cm³/mol. The van der Waals surface area contributed by atoms with E-state index < -0.39 is 0 Å². The summed E-state index contributed by atoms with van der Waals surface area (Å²) in [6.45, 7) is 0.338. The van der Waals surface area contributed by atoms with E-state index in [0.717, 1.165) is 5.56 Å². The molecule has 0 atom stereocenters. The first-order chi connectivity index (χ1) is 10.6. The van der Waals surface area contributed by atoms with Crippen LogP contribution in [0.1, 0.15) is 11.1 Å². The van der Waals surface area contributed by atoms with E-state index in [0.29, 0.717) is 28.7 Å². The normalized spacial score (nSPS) is 9.68. The molecule has 7 heteroatoms. The highest BCUT2D eigenvalue weighted by atomic mass is 35.5. The lowest BCUT2D eigenvalue weighted by atomic mass is 10.2. The number of nitriles is 1. The van der Waals surface area contributed by atoms with Crippen molar-refractivity contribution in [3.8, 4) is 11.8 Å². The molecule has 0 aliphatic carbocycles. The Labute approximate surface area is 133 Å². The highest BCUT2D eigenvalue weighted by Gasteiger charge is 2.08. The van der Waals surface area contributed by atoms with Gasteiger partial charge in [-0.15, -0.1) is 0 Å². The van der Waals surface area contributed by atoms with E-state index in [1.807, 2.05) is 12.1 Å². The second-order valence-electron chi connectivity index (χ2n) is 4.32. The molecule has 0 saturated carbocycles. The number of hydrogen-bond acceptors (Lipinski definition) is 4. The minimum Gasteiger partial charge on any atom is -0.496 e. The fraction of sp³-hybridized carbons (Fsp3) is 0.133. The minimum absolute atomic E-state index is 0.0687. The summed E-state index contributed by atoms with van der Waals surface area (Å²) in [4.78, 5) is 4.03. The summed E-state index contributed by atoms with van der Waals surface area (Å²) in [7, 11) is 1.57. The number of nitrogens with zero attached hydrogens (tertiary/aromatic N) is 2. The number of aromatic nitrogens is 1. The van der Waals surface area contributed by atoms with Gasteiger partial charge in [-0.1, -0.05) is 17.7 Å². The fourth-order valence-electron chi connectivity index (χ4n) is 1.78. The van der Waals surface area contributed by atoms with Crippen molar-refractivity contribution < 1.29 is 4.74 Å². The first kappa shape index (κ1) is 15.6. The van der Waals surface area contributed by atoms with E-state index in [9.17, 15) is 0 Å². The van der Waals surface area contributed by atoms with Crippen molar-refractivity contribution in [2.45, 2.75) is 6.54 Å². The Balaban J connectivity index is 1.97. The maximum absolute atomic E-state index is 8.71. The summed E-state index contributed by atoms with van der Waals surface area (Å²) < 4.78 is 5.24. The third-order valence-electron chi connectivity index (χ3n) is 2.88. The molecule has 0 fully saturated rings. The van der Waals surface area contributed by atoms with Crippen LogP contribution in [0.4, 0.5) is 5.82 Å². The lowest BCUT2D eigenvalue weighted by Crippen LogP contribution is -2.29. The number of halogens is 1. The van der Waals surface area contributed by atoms with Gasteiger partial charge in [-0.2, -0.15) is 5.26 Å². The van der Waals surface area contributed by atoms with Crippen LogP contribution in [-0.2, 0) is 6.54 Å². The van der Waals surface area contributed by atoms with Crippen LogP contribution in [0.5, 0.6) is 5.75 Å². The molecule has 6 nitrogen and oxygen atoms in total. The van der Waals surface area contributed by atoms with Gasteiger partial charge in [0.1, 0.15) is 17.6 Å². The van der Waals surface area contributed by atoms with Crippen molar-refractivity contribution in [2.24, 2.45) is 0 Å². The topological polar surface area (TPSA) is 93.8 Å². The Morgan fingerprint density at radius 1 is 1.41 bits per heavy atom. The highest BCUT2D eigenvalue weighted by molar-refractivity contribution is 6.31. The van der Waals surface area contributed by atoms with Crippen LogP contribution in [0, 0.1) is 16.7 Å². The average molecular weight is 316 g/mol. The van der Waals surface area contributed by atoms with Crippen LogP contribution in [0.2, 0.25) is 5.02 Å². The lowest BCUT2D eigenvalue weighted by molar-refractivity contribution is 0.409. The van der Waals surface area contributed by atoms with Gasteiger partial charge in [-0.05, 0) is 24.3 Å². The Bertz CT molecular complexity index is 709. The molecule has 0 bridgehead atoms. The molecule has 0 saturated heterocycles. The molecule has 2 rings (SSSR count). The van der Waals surface area contributed by atoms with Crippen LogP contribution >= 0.6 is 11.6 Å². The first-order valence-electron chi connectivity index (χ1n) is 6.41. The molecule has 0 amide bonds. The molecule has 22 heavy (non-hydrogen) atoms. The Morgan fingerprint density at radius 2 is 2.23 bits per heavy atom. The largest absolute Gasteiger partial charge is 0.496 e. The Kier molecular flexibility index (Phi) is 5.17. The van der Waals surface area contributed by atoms with Gasteiger partial charge in [0, 0.05) is 23.3 Å². The molecule has 2 aromatic rings. The van der Waals surface area contributed by atoms with E-state index in [1.54, 1.807) is 31.4 Å². The molecule has 112 valence electrons. The standard InChI is InChI=1S/C15H14ClN5O/c1-22-13-4-2-3-12(16)11(13)9-20-15(18)21-14-6-5-10(7-17)8-19-14/h2-6,8H,9H2,1H3,(H3,18,19,20,21). The van der Waals surface area contributed by atoms with E-state index in [4.69, 9.17) is 27.0 Å². The van der Waals surface area contributed by atoms with E-state index in [2.05, 4.69) is 15.6 Å². The molecule has 1 aromatic carbocycles. The zero-order valence-electron chi connectivity index (χ0n) is 11.9. The number of benzene rings is 1. The van der Waals surface area contributed by atoms with Crippen LogP contribution in [-0.4, -0.2) is 18.1 Å². The lowest BCUT2D eigenvalue weighted by Gasteiger charge is -2.13. The Morgan fingerprint density at radius 3 is 2.86 bits per heavy atom. The average Bonchev–Trinajstić information content (AvgIpc) is 2.54. The van der Waals surface area contributed by atoms with E-state index in [1.165, 1.54) is 6.20 Å². The minimum atomic E-state index is 0.0687. The van der Waals surface area contributed by atoms with Crippen LogP contribution in [0.15, 0.2) is 36.5 Å². The summed E-state index contributed by atoms with van der Waals surface area (Å²) in [6, 6.07) is 10.6. The molecule has 0 unspecified atom stereocenters. The number of guanidine groups is 1. The van der Waals surface area contributed by atoms with Crippen LogP contribution < -0.4 is 15.4 Å². The number of ether oxygens (including phenoxy) is 1. The van der Waals surface area contributed by atoms with Crippen LogP contribution in [0.3, 0.4) is 0 Å². The molecule has 1 heterocycles. The number of rotatable bonds is 4. The zero-order chi connectivity index (χ0) is 15.9. The van der Waals surface area contributed by atoms with Crippen molar-refractivity contribution in [1.82, 2.24) is 10.3 Å². The number of anilines is 1. The van der Waals surface area contributed by atoms with Gasteiger partial charge >= 0.3 is 0 Å². The monoisotopic (exact) mass is 315 g/mol. The van der Waals surface area contributed by atoms with Gasteiger partial charge in [-0.25, -0.2) is 4.98 Å². The third-order valence-corrected chi connectivity index (χ3v) is 3.24. The maximum Gasteiger partial charge on any atom is 0.194 e. The summed E-state index contributed by atoms with van der Waals surface area (Å²) in [5.74, 6) is 1.20. The smallest absolute Gasteiger partial charge is 0.194 e. The Hall–Kier alpha value is -2.78. The van der Waals surface area contributed by atoms with Gasteiger partial charge in [0.05, 0.1) is 12.7 Å². The fourth-order valence-corrected chi connectivity index (χ4v) is 2.02. The van der Waals surface area contributed by atoms with E-state index in [-0.39, 0.29) is 5.96 Å². The van der Waals surface area contributed by atoms with Gasteiger partial charge in [0.25, 0.3) is 0 Å². The highest BCUT2D eigenvalue weighted by Crippen LogP contribution is 2.25. The number of hydrogen-bond donors (Lipinski definition) is 3. The predicted octanol–water partition coefficient (Wildman–Crippen LogP) is 2.75. The van der Waals surface area contributed by atoms with Gasteiger partial charge < -0.3 is 15.4 Å². The van der Waals surface area contributed by atoms with Gasteiger partial charge in [0.15, 0.2) is 5.96 Å².